The lowest BCUT2D eigenvalue weighted by Gasteiger charge is -2.33. The molecule has 114 valence electrons. The number of rotatable bonds is 5. The first-order valence-electron chi connectivity index (χ1n) is 7.90. The molecule has 1 N–H and O–H groups in total. The molecule has 4 heteroatoms. The summed E-state index contributed by atoms with van der Waals surface area (Å²) in [5.41, 5.74) is 1.30. The predicted octanol–water partition coefficient (Wildman–Crippen LogP) is 2.19. The van der Waals surface area contributed by atoms with E-state index in [2.05, 4.69) is 22.3 Å². The van der Waals surface area contributed by atoms with Gasteiger partial charge < -0.3 is 10.1 Å². The van der Waals surface area contributed by atoms with Crippen LogP contribution in [0.4, 0.5) is 0 Å². The third-order valence-corrected chi connectivity index (χ3v) is 4.37. The lowest BCUT2D eigenvalue weighted by atomic mass is 10.0. The number of piperidine rings is 1. The lowest BCUT2D eigenvalue weighted by molar-refractivity contribution is -0.123. The molecule has 1 aromatic carbocycles. The number of hydrogen-bond donors (Lipinski definition) is 1. The number of methoxy groups -OCH3 is 1. The molecule has 3 rings (SSSR count). The molecule has 1 saturated heterocycles. The third-order valence-electron chi connectivity index (χ3n) is 4.37. The fourth-order valence-electron chi connectivity index (χ4n) is 2.97. The van der Waals surface area contributed by atoms with Gasteiger partial charge in [-0.05, 0) is 49.9 Å². The number of amides is 1. The minimum Gasteiger partial charge on any atom is -0.497 e. The molecule has 1 aromatic rings. The Morgan fingerprint density at radius 3 is 2.71 bits per heavy atom. The number of nitrogens with zero attached hydrogens (tertiary/aromatic N) is 1. The molecule has 0 radical (unpaired) electrons. The van der Waals surface area contributed by atoms with Gasteiger partial charge in [0.25, 0.3) is 0 Å². The minimum absolute atomic E-state index is 0.270. The van der Waals surface area contributed by atoms with Gasteiger partial charge in [0.1, 0.15) is 5.75 Å². The third kappa shape index (κ3) is 3.97. The van der Waals surface area contributed by atoms with E-state index in [1.807, 2.05) is 12.1 Å². The number of nitrogens with one attached hydrogen (secondary N) is 1. The van der Waals surface area contributed by atoms with E-state index in [1.54, 1.807) is 7.11 Å². The van der Waals surface area contributed by atoms with E-state index in [0.29, 0.717) is 12.0 Å². The SMILES string of the molecule is COc1ccc(CN2CCCC(NC(=O)C3CC3)C2)cc1. The van der Waals surface area contributed by atoms with Gasteiger partial charge in [0.2, 0.25) is 5.91 Å². The summed E-state index contributed by atoms with van der Waals surface area (Å²) in [5.74, 6) is 1.47. The Bertz CT molecular complexity index is 482. The second-order valence-electron chi connectivity index (χ2n) is 6.21. The highest BCUT2D eigenvalue weighted by Crippen LogP contribution is 2.29. The molecule has 1 saturated carbocycles. The molecule has 1 amide bonds. The van der Waals surface area contributed by atoms with Crippen molar-refractivity contribution in [3.63, 3.8) is 0 Å². The zero-order valence-electron chi connectivity index (χ0n) is 12.7. The van der Waals surface area contributed by atoms with Crippen LogP contribution in [0.25, 0.3) is 0 Å². The van der Waals surface area contributed by atoms with E-state index < -0.39 is 0 Å². The Kier molecular flexibility index (Phi) is 4.44. The highest BCUT2D eigenvalue weighted by Gasteiger charge is 2.31. The number of likely N-dealkylation sites (tertiary alicyclic amines) is 1. The molecule has 4 nitrogen and oxygen atoms in total. The maximum atomic E-state index is 11.9. The highest BCUT2D eigenvalue weighted by atomic mass is 16.5. The van der Waals surface area contributed by atoms with Gasteiger partial charge in [-0.15, -0.1) is 0 Å². The summed E-state index contributed by atoms with van der Waals surface area (Å²) in [6.07, 6.45) is 4.42. The van der Waals surface area contributed by atoms with Crippen molar-refractivity contribution < 1.29 is 9.53 Å². The van der Waals surface area contributed by atoms with Crippen LogP contribution in [-0.2, 0) is 11.3 Å². The van der Waals surface area contributed by atoms with Crippen molar-refractivity contribution in [2.45, 2.75) is 38.3 Å². The van der Waals surface area contributed by atoms with E-state index in [1.165, 1.54) is 5.56 Å². The van der Waals surface area contributed by atoms with Gasteiger partial charge in [0, 0.05) is 25.0 Å². The maximum Gasteiger partial charge on any atom is 0.223 e. The Morgan fingerprint density at radius 2 is 2.05 bits per heavy atom. The summed E-state index contributed by atoms with van der Waals surface area (Å²) in [6.45, 7) is 3.02. The van der Waals surface area contributed by atoms with Crippen molar-refractivity contribution in [1.29, 1.82) is 0 Å². The van der Waals surface area contributed by atoms with Crippen LogP contribution in [0, 0.1) is 5.92 Å². The van der Waals surface area contributed by atoms with Crippen molar-refractivity contribution >= 4 is 5.91 Å². The standard InChI is InChI=1S/C17H24N2O2/c1-21-16-8-4-13(5-9-16)11-19-10-2-3-15(12-19)18-17(20)14-6-7-14/h4-5,8-9,14-15H,2-3,6-7,10-12H2,1H3,(H,18,20). The number of benzene rings is 1. The Labute approximate surface area is 126 Å². The van der Waals surface area contributed by atoms with Gasteiger partial charge in [-0.25, -0.2) is 0 Å². The largest absolute Gasteiger partial charge is 0.497 e. The molecular weight excluding hydrogens is 264 g/mol. The number of carbonyl (C=O) groups excluding carboxylic acids is 1. The van der Waals surface area contributed by atoms with Crippen LogP contribution in [0.15, 0.2) is 24.3 Å². The second kappa shape index (κ2) is 6.48. The van der Waals surface area contributed by atoms with Crippen LogP contribution in [-0.4, -0.2) is 37.0 Å². The smallest absolute Gasteiger partial charge is 0.223 e. The molecule has 1 heterocycles. The van der Waals surface area contributed by atoms with Crippen LogP contribution in [0.1, 0.15) is 31.2 Å². The first-order chi connectivity index (χ1) is 10.2. The summed E-state index contributed by atoms with van der Waals surface area (Å²) >= 11 is 0. The average Bonchev–Trinajstić information content (AvgIpc) is 3.33. The van der Waals surface area contributed by atoms with Crippen molar-refractivity contribution in [2.75, 3.05) is 20.2 Å². The lowest BCUT2D eigenvalue weighted by Crippen LogP contribution is -2.47. The van der Waals surface area contributed by atoms with Crippen molar-refractivity contribution in [1.82, 2.24) is 10.2 Å². The summed E-state index contributed by atoms with van der Waals surface area (Å²) in [5, 5.41) is 3.21. The van der Waals surface area contributed by atoms with E-state index in [9.17, 15) is 4.79 Å². The first kappa shape index (κ1) is 14.4. The van der Waals surface area contributed by atoms with Gasteiger partial charge >= 0.3 is 0 Å². The van der Waals surface area contributed by atoms with E-state index in [4.69, 9.17) is 4.74 Å². The zero-order chi connectivity index (χ0) is 14.7. The van der Waals surface area contributed by atoms with Gasteiger partial charge in [-0.2, -0.15) is 0 Å². The number of hydrogen-bond acceptors (Lipinski definition) is 3. The molecule has 1 unspecified atom stereocenters. The Morgan fingerprint density at radius 1 is 1.29 bits per heavy atom. The minimum atomic E-state index is 0.270. The van der Waals surface area contributed by atoms with Crippen molar-refractivity contribution in [3.8, 4) is 5.75 Å². The Hall–Kier alpha value is -1.55. The summed E-state index contributed by atoms with van der Waals surface area (Å²) in [4.78, 5) is 14.3. The van der Waals surface area contributed by atoms with Crippen LogP contribution in [0.3, 0.4) is 0 Å². The highest BCUT2D eigenvalue weighted by molar-refractivity contribution is 5.81. The fourth-order valence-corrected chi connectivity index (χ4v) is 2.97. The van der Waals surface area contributed by atoms with Crippen molar-refractivity contribution in [2.24, 2.45) is 5.92 Å². The van der Waals surface area contributed by atoms with Gasteiger partial charge in [-0.1, -0.05) is 12.1 Å². The van der Waals surface area contributed by atoms with Gasteiger partial charge in [0.05, 0.1) is 7.11 Å². The monoisotopic (exact) mass is 288 g/mol. The molecule has 1 aliphatic heterocycles. The average molecular weight is 288 g/mol. The van der Waals surface area contributed by atoms with E-state index in [-0.39, 0.29) is 5.91 Å². The van der Waals surface area contributed by atoms with Crippen LogP contribution in [0.2, 0.25) is 0 Å². The summed E-state index contributed by atoms with van der Waals surface area (Å²) < 4.78 is 5.19. The molecule has 0 bridgehead atoms. The quantitative estimate of drug-likeness (QED) is 0.903. The molecule has 2 fully saturated rings. The molecule has 0 spiro atoms. The van der Waals surface area contributed by atoms with Crippen LogP contribution in [0.5, 0.6) is 5.75 Å². The van der Waals surface area contributed by atoms with Crippen molar-refractivity contribution in [3.05, 3.63) is 29.8 Å². The molecule has 1 aliphatic carbocycles. The Balaban J connectivity index is 1.51. The second-order valence-corrected chi connectivity index (χ2v) is 6.21. The molecule has 2 aliphatic rings. The van der Waals surface area contributed by atoms with E-state index in [0.717, 1.165) is 51.1 Å². The zero-order valence-corrected chi connectivity index (χ0v) is 12.7. The molecule has 0 aromatic heterocycles. The van der Waals surface area contributed by atoms with Gasteiger partial charge in [-0.3, -0.25) is 9.69 Å². The first-order valence-corrected chi connectivity index (χ1v) is 7.90. The summed E-state index contributed by atoms with van der Waals surface area (Å²) in [6, 6.07) is 8.57. The molecule has 21 heavy (non-hydrogen) atoms. The summed E-state index contributed by atoms with van der Waals surface area (Å²) in [7, 11) is 1.69. The normalized spacial score (nSPS) is 22.8. The van der Waals surface area contributed by atoms with Crippen LogP contribution < -0.4 is 10.1 Å². The molecular formula is C17H24N2O2. The van der Waals surface area contributed by atoms with Gasteiger partial charge in [0.15, 0.2) is 0 Å². The number of carbonyl (C=O) groups is 1. The molecule has 1 atom stereocenters. The van der Waals surface area contributed by atoms with E-state index >= 15 is 0 Å². The fraction of sp³-hybridized carbons (Fsp3) is 0.588. The predicted molar refractivity (Wildman–Crippen MR) is 82.2 cm³/mol. The maximum absolute atomic E-state index is 11.9. The number of ether oxygens (including phenoxy) is 1. The van der Waals surface area contributed by atoms with Crippen LogP contribution >= 0.6 is 0 Å². The topological polar surface area (TPSA) is 41.6 Å².